The molecule has 2 N–H and O–H groups in total. The number of nitrogen functional groups attached to an aromatic ring is 1. The minimum Gasteiger partial charge on any atom is -0.399 e. The Hall–Kier alpha value is -3.01. The number of Topliss-reactive ketones (excluding diaryl/α,β-unsaturated/α-hetero) is 1. The van der Waals surface area contributed by atoms with Gasteiger partial charge in [-0.05, 0) is 29.8 Å². The molecule has 4 nitrogen and oxygen atoms in total. The number of fused-ring (bicyclic) bond motifs is 2. The smallest absolute Gasteiger partial charge is 0.188 e. The third kappa shape index (κ3) is 2.11. The number of hydrogen-bond acceptors (Lipinski definition) is 4. The number of anilines is 1. The highest BCUT2D eigenvalue weighted by atomic mass is 16.1. The molecule has 0 saturated carbocycles. The van der Waals surface area contributed by atoms with Crippen LogP contribution in [-0.4, -0.2) is 16.6 Å². The molecule has 0 bridgehead atoms. The summed E-state index contributed by atoms with van der Waals surface area (Å²) < 4.78 is 0. The minimum atomic E-state index is -0.230. The van der Waals surface area contributed by atoms with Gasteiger partial charge in [0.2, 0.25) is 0 Å². The number of nitrogens with zero attached hydrogens (tertiary/aromatic N) is 1. The van der Waals surface area contributed by atoms with Crippen LogP contribution >= 0.6 is 0 Å². The van der Waals surface area contributed by atoms with Crippen LogP contribution in [0.2, 0.25) is 0 Å². The molecule has 1 heterocycles. The summed E-state index contributed by atoms with van der Waals surface area (Å²) in [7, 11) is 0. The van der Waals surface area contributed by atoms with E-state index in [0.29, 0.717) is 40.2 Å². The van der Waals surface area contributed by atoms with Crippen LogP contribution < -0.4 is 5.73 Å². The lowest BCUT2D eigenvalue weighted by Crippen LogP contribution is -2.21. The summed E-state index contributed by atoms with van der Waals surface area (Å²) in [6.45, 7) is 1.85. The van der Waals surface area contributed by atoms with Gasteiger partial charge in [-0.3, -0.25) is 14.6 Å². The molecule has 0 saturated heterocycles. The van der Waals surface area contributed by atoms with Crippen molar-refractivity contribution in [1.82, 2.24) is 4.98 Å². The zero-order valence-corrected chi connectivity index (χ0v) is 13.2. The zero-order chi connectivity index (χ0) is 16.8. The van der Waals surface area contributed by atoms with Gasteiger partial charge in [0.1, 0.15) is 0 Å². The molecule has 0 spiro atoms. The molecular weight excluding hydrogens is 300 g/mol. The third-order valence-corrected chi connectivity index (χ3v) is 4.50. The number of hydrogen-bond donors (Lipinski definition) is 1. The van der Waals surface area contributed by atoms with Gasteiger partial charge in [-0.15, -0.1) is 0 Å². The molecule has 118 valence electrons. The molecule has 0 fully saturated rings. The number of pyridine rings is 1. The molecule has 1 aromatic carbocycles. The van der Waals surface area contributed by atoms with Gasteiger partial charge in [-0.2, -0.15) is 0 Å². The SMILES string of the molecule is CC1C=Cc2nc3c(c(-c4cccc(N)c4)c2C1=O)C(=O)C=CC3. The van der Waals surface area contributed by atoms with E-state index in [1.54, 1.807) is 18.2 Å². The van der Waals surface area contributed by atoms with Gasteiger partial charge < -0.3 is 5.73 Å². The van der Waals surface area contributed by atoms with Crippen LogP contribution in [-0.2, 0) is 6.42 Å². The quantitative estimate of drug-likeness (QED) is 0.818. The monoisotopic (exact) mass is 316 g/mol. The Labute approximate surface area is 139 Å². The van der Waals surface area contributed by atoms with Gasteiger partial charge in [-0.25, -0.2) is 0 Å². The standard InChI is InChI=1S/C20H16N2O2/c1-11-8-9-15-19(20(11)24)17(12-4-2-5-13(21)10-12)18-14(22-15)6-3-7-16(18)23/h2-5,7-11H,6,21H2,1H3. The van der Waals surface area contributed by atoms with E-state index >= 15 is 0 Å². The lowest BCUT2D eigenvalue weighted by Gasteiger charge is -2.23. The fourth-order valence-corrected chi connectivity index (χ4v) is 3.33. The van der Waals surface area contributed by atoms with Crippen molar-refractivity contribution in [2.45, 2.75) is 13.3 Å². The Morgan fingerprint density at radius 2 is 1.96 bits per heavy atom. The van der Waals surface area contributed by atoms with Crippen LogP contribution in [0.3, 0.4) is 0 Å². The first-order chi connectivity index (χ1) is 11.6. The van der Waals surface area contributed by atoms with Gasteiger partial charge in [0.25, 0.3) is 0 Å². The first-order valence-corrected chi connectivity index (χ1v) is 7.92. The highest BCUT2D eigenvalue weighted by Gasteiger charge is 2.31. The van der Waals surface area contributed by atoms with Gasteiger partial charge in [0.15, 0.2) is 11.6 Å². The predicted molar refractivity (Wildman–Crippen MR) is 93.8 cm³/mol. The average molecular weight is 316 g/mol. The van der Waals surface area contributed by atoms with Gasteiger partial charge in [0.05, 0.1) is 22.5 Å². The van der Waals surface area contributed by atoms with Crippen LogP contribution in [0.15, 0.2) is 42.5 Å². The maximum atomic E-state index is 12.8. The van der Waals surface area contributed by atoms with Crippen molar-refractivity contribution < 1.29 is 9.59 Å². The van der Waals surface area contributed by atoms with Gasteiger partial charge >= 0.3 is 0 Å². The Balaban J connectivity index is 2.12. The van der Waals surface area contributed by atoms with E-state index in [9.17, 15) is 9.59 Å². The van der Waals surface area contributed by atoms with E-state index in [1.165, 1.54) is 0 Å². The molecule has 4 rings (SSSR count). The summed E-state index contributed by atoms with van der Waals surface area (Å²) in [6.07, 6.45) is 7.68. The van der Waals surface area contributed by atoms with Crippen molar-refractivity contribution in [1.29, 1.82) is 0 Å². The van der Waals surface area contributed by atoms with E-state index in [2.05, 4.69) is 4.98 Å². The first-order valence-electron chi connectivity index (χ1n) is 7.92. The fraction of sp³-hybridized carbons (Fsp3) is 0.150. The summed E-state index contributed by atoms with van der Waals surface area (Å²) in [6, 6.07) is 7.31. The third-order valence-electron chi connectivity index (χ3n) is 4.50. The minimum absolute atomic E-state index is 0.0115. The Kier molecular flexibility index (Phi) is 3.20. The molecule has 0 aliphatic heterocycles. The molecule has 2 aromatic rings. The van der Waals surface area contributed by atoms with E-state index in [1.807, 2.05) is 37.3 Å². The number of allylic oxidation sites excluding steroid dienone is 3. The first kappa shape index (κ1) is 14.6. The van der Waals surface area contributed by atoms with E-state index in [4.69, 9.17) is 5.73 Å². The number of carbonyl (C=O) groups is 2. The van der Waals surface area contributed by atoms with Crippen LogP contribution in [0.25, 0.3) is 17.2 Å². The number of rotatable bonds is 1. The van der Waals surface area contributed by atoms with Gasteiger partial charge in [0, 0.05) is 23.6 Å². The van der Waals surface area contributed by atoms with Crippen LogP contribution in [0, 0.1) is 5.92 Å². The molecule has 0 amide bonds. The molecule has 2 aliphatic rings. The lowest BCUT2D eigenvalue weighted by molar-refractivity contribution is 0.0951. The molecular formula is C20H16N2O2. The largest absolute Gasteiger partial charge is 0.399 e. The van der Waals surface area contributed by atoms with E-state index in [-0.39, 0.29) is 17.5 Å². The fourth-order valence-electron chi connectivity index (χ4n) is 3.33. The van der Waals surface area contributed by atoms with Crippen molar-refractivity contribution in [2.75, 3.05) is 5.73 Å². The number of nitrogens with two attached hydrogens (primary N) is 1. The predicted octanol–water partition coefficient (Wildman–Crippen LogP) is 3.47. The summed E-state index contributed by atoms with van der Waals surface area (Å²) >= 11 is 0. The molecule has 2 aliphatic carbocycles. The number of aromatic nitrogens is 1. The molecule has 1 atom stereocenters. The normalized spacial score (nSPS) is 18.5. The average Bonchev–Trinajstić information content (AvgIpc) is 2.57. The number of benzene rings is 1. The summed E-state index contributed by atoms with van der Waals surface area (Å²) in [5.74, 6) is -0.354. The lowest BCUT2D eigenvalue weighted by atomic mass is 9.81. The second kappa shape index (κ2) is 5.27. The second-order valence-electron chi connectivity index (χ2n) is 6.18. The Morgan fingerprint density at radius 3 is 2.75 bits per heavy atom. The molecule has 1 unspecified atom stereocenters. The maximum absolute atomic E-state index is 12.8. The van der Waals surface area contributed by atoms with E-state index < -0.39 is 0 Å². The van der Waals surface area contributed by atoms with Crippen molar-refractivity contribution in [2.24, 2.45) is 5.92 Å². The molecule has 4 heteroatoms. The second-order valence-corrected chi connectivity index (χ2v) is 6.18. The number of ketones is 2. The number of carbonyl (C=O) groups excluding carboxylic acids is 2. The van der Waals surface area contributed by atoms with Crippen LogP contribution in [0.1, 0.15) is 39.0 Å². The van der Waals surface area contributed by atoms with Gasteiger partial charge in [-0.1, -0.05) is 31.2 Å². The maximum Gasteiger partial charge on any atom is 0.188 e. The zero-order valence-electron chi connectivity index (χ0n) is 13.2. The highest BCUT2D eigenvalue weighted by Crippen LogP contribution is 2.38. The highest BCUT2D eigenvalue weighted by molar-refractivity contribution is 6.17. The van der Waals surface area contributed by atoms with Crippen molar-refractivity contribution in [3.05, 3.63) is 65.0 Å². The van der Waals surface area contributed by atoms with Crippen molar-refractivity contribution in [3.63, 3.8) is 0 Å². The summed E-state index contributed by atoms with van der Waals surface area (Å²) in [5.41, 5.74) is 10.4. The topological polar surface area (TPSA) is 73.0 Å². The molecule has 1 aromatic heterocycles. The Bertz CT molecular complexity index is 954. The van der Waals surface area contributed by atoms with E-state index in [0.717, 1.165) is 5.56 Å². The summed E-state index contributed by atoms with van der Waals surface area (Å²) in [5, 5.41) is 0. The molecule has 0 radical (unpaired) electrons. The Morgan fingerprint density at radius 1 is 1.12 bits per heavy atom. The van der Waals surface area contributed by atoms with Crippen LogP contribution in [0.4, 0.5) is 5.69 Å². The molecule has 24 heavy (non-hydrogen) atoms. The van der Waals surface area contributed by atoms with Crippen molar-refractivity contribution >= 4 is 23.3 Å². The van der Waals surface area contributed by atoms with Crippen molar-refractivity contribution in [3.8, 4) is 11.1 Å². The van der Waals surface area contributed by atoms with Crippen LogP contribution in [0.5, 0.6) is 0 Å². The summed E-state index contributed by atoms with van der Waals surface area (Å²) in [4.78, 5) is 30.0.